The van der Waals surface area contributed by atoms with Crippen LogP contribution in [0.15, 0.2) is 54.6 Å². The summed E-state index contributed by atoms with van der Waals surface area (Å²) in [5.41, 5.74) is 2.26. The number of hydrogen-bond acceptors (Lipinski definition) is 4. The first kappa shape index (κ1) is 14.6. The molecule has 21 heavy (non-hydrogen) atoms. The number of carbonyl (C=O) groups is 1. The lowest BCUT2D eigenvalue weighted by atomic mass is 10.2. The number of ether oxygens (including phenoxy) is 2. The van der Waals surface area contributed by atoms with Crippen LogP contribution in [0.25, 0.3) is 6.08 Å². The van der Waals surface area contributed by atoms with Gasteiger partial charge in [-0.15, -0.1) is 0 Å². The second-order valence-electron chi connectivity index (χ2n) is 4.12. The largest absolute Gasteiger partial charge is 0.497 e. The van der Waals surface area contributed by atoms with E-state index in [2.05, 4.69) is 0 Å². The minimum absolute atomic E-state index is 0.602. The van der Waals surface area contributed by atoms with Crippen LogP contribution in [-0.2, 0) is 4.79 Å². The van der Waals surface area contributed by atoms with Crippen LogP contribution in [0.1, 0.15) is 5.56 Å². The highest BCUT2D eigenvalue weighted by Gasteiger charge is 2.03. The molecule has 0 spiro atoms. The number of benzene rings is 2. The summed E-state index contributed by atoms with van der Waals surface area (Å²) < 4.78 is 10.9. The van der Waals surface area contributed by atoms with Crippen molar-refractivity contribution in [3.63, 3.8) is 0 Å². The molecular formula is C16H15NO4. The van der Waals surface area contributed by atoms with Crippen molar-refractivity contribution in [3.8, 4) is 17.2 Å². The lowest BCUT2D eigenvalue weighted by Gasteiger charge is -2.09. The Kier molecular flexibility index (Phi) is 4.95. The molecule has 2 aromatic rings. The third-order valence-electron chi connectivity index (χ3n) is 2.73. The summed E-state index contributed by atoms with van der Waals surface area (Å²) in [6.07, 6.45) is 2.78. The SMILES string of the molecule is COc1ccc(Oc2ccccc2/C=C/C(=O)NO)cc1. The Balaban J connectivity index is 2.19. The smallest absolute Gasteiger partial charge is 0.267 e. The zero-order valence-corrected chi connectivity index (χ0v) is 11.4. The molecule has 0 fully saturated rings. The van der Waals surface area contributed by atoms with Crippen LogP contribution in [0.3, 0.4) is 0 Å². The standard InChI is InChI=1S/C16H15NO4/c1-20-13-7-9-14(10-8-13)21-15-5-3-2-4-12(15)6-11-16(18)17-19/h2-11,19H,1H3,(H,17,18)/b11-6+. The van der Waals surface area contributed by atoms with Gasteiger partial charge >= 0.3 is 0 Å². The van der Waals surface area contributed by atoms with Crippen molar-refractivity contribution in [2.75, 3.05) is 7.11 Å². The maximum Gasteiger partial charge on any atom is 0.267 e. The Morgan fingerprint density at radius 1 is 1.10 bits per heavy atom. The Hall–Kier alpha value is -2.79. The predicted molar refractivity (Wildman–Crippen MR) is 78.5 cm³/mol. The van der Waals surface area contributed by atoms with Gasteiger partial charge in [-0.05, 0) is 36.4 Å². The fourth-order valence-electron chi connectivity index (χ4n) is 1.68. The van der Waals surface area contributed by atoms with Gasteiger partial charge in [-0.3, -0.25) is 10.0 Å². The molecule has 2 rings (SSSR count). The maximum atomic E-state index is 11.0. The summed E-state index contributed by atoms with van der Waals surface area (Å²) in [5, 5.41) is 8.47. The van der Waals surface area contributed by atoms with Gasteiger partial charge in [-0.25, -0.2) is 5.48 Å². The van der Waals surface area contributed by atoms with Crippen molar-refractivity contribution in [1.29, 1.82) is 0 Å². The molecule has 2 aromatic carbocycles. The molecule has 0 aliphatic carbocycles. The van der Waals surface area contributed by atoms with Gasteiger partial charge in [-0.2, -0.15) is 0 Å². The number of nitrogens with one attached hydrogen (secondary N) is 1. The molecule has 0 aromatic heterocycles. The number of carbonyl (C=O) groups excluding carboxylic acids is 1. The fraction of sp³-hybridized carbons (Fsp3) is 0.0625. The van der Waals surface area contributed by atoms with Gasteiger partial charge in [0.25, 0.3) is 5.91 Å². The molecule has 0 bridgehead atoms. The second-order valence-corrected chi connectivity index (χ2v) is 4.12. The van der Waals surface area contributed by atoms with E-state index < -0.39 is 5.91 Å². The monoisotopic (exact) mass is 285 g/mol. The Morgan fingerprint density at radius 3 is 2.43 bits per heavy atom. The van der Waals surface area contributed by atoms with Crippen molar-refractivity contribution in [2.24, 2.45) is 0 Å². The van der Waals surface area contributed by atoms with Crippen LogP contribution in [-0.4, -0.2) is 18.2 Å². The zero-order chi connectivity index (χ0) is 15.1. The Morgan fingerprint density at radius 2 is 1.76 bits per heavy atom. The molecule has 0 unspecified atom stereocenters. The van der Waals surface area contributed by atoms with E-state index in [-0.39, 0.29) is 0 Å². The molecule has 2 N–H and O–H groups in total. The van der Waals surface area contributed by atoms with Crippen molar-refractivity contribution in [3.05, 3.63) is 60.2 Å². The minimum Gasteiger partial charge on any atom is -0.497 e. The van der Waals surface area contributed by atoms with Gasteiger partial charge in [0.2, 0.25) is 0 Å². The Labute approximate surface area is 122 Å². The van der Waals surface area contributed by atoms with Crippen LogP contribution in [0.5, 0.6) is 17.2 Å². The van der Waals surface area contributed by atoms with Crippen LogP contribution in [0, 0.1) is 0 Å². The molecule has 108 valence electrons. The first-order chi connectivity index (χ1) is 10.2. The van der Waals surface area contributed by atoms with Gasteiger partial charge in [0.05, 0.1) is 7.11 Å². The van der Waals surface area contributed by atoms with Crippen molar-refractivity contribution in [1.82, 2.24) is 5.48 Å². The highest BCUT2D eigenvalue weighted by molar-refractivity contribution is 5.91. The molecule has 0 aliphatic heterocycles. The number of rotatable bonds is 5. The van der Waals surface area contributed by atoms with E-state index in [4.69, 9.17) is 14.7 Å². The van der Waals surface area contributed by atoms with Crippen LogP contribution in [0.2, 0.25) is 0 Å². The molecule has 0 saturated heterocycles. The normalized spacial score (nSPS) is 10.4. The first-order valence-corrected chi connectivity index (χ1v) is 6.26. The van der Waals surface area contributed by atoms with Crippen LogP contribution < -0.4 is 15.0 Å². The average Bonchev–Trinajstić information content (AvgIpc) is 2.54. The van der Waals surface area contributed by atoms with Crippen molar-refractivity contribution in [2.45, 2.75) is 0 Å². The first-order valence-electron chi connectivity index (χ1n) is 6.26. The number of hydroxylamine groups is 1. The molecular weight excluding hydrogens is 270 g/mol. The van der Waals surface area contributed by atoms with Gasteiger partial charge in [-0.1, -0.05) is 18.2 Å². The number of amides is 1. The highest BCUT2D eigenvalue weighted by Crippen LogP contribution is 2.27. The van der Waals surface area contributed by atoms with E-state index >= 15 is 0 Å². The summed E-state index contributed by atoms with van der Waals surface area (Å²) in [5.74, 6) is 1.40. The molecule has 0 saturated carbocycles. The van der Waals surface area contributed by atoms with Crippen LogP contribution >= 0.6 is 0 Å². The second kappa shape index (κ2) is 7.12. The lowest BCUT2D eigenvalue weighted by Crippen LogP contribution is -2.14. The third kappa shape index (κ3) is 4.09. The summed E-state index contributed by atoms with van der Waals surface area (Å²) in [4.78, 5) is 11.0. The van der Waals surface area contributed by atoms with E-state index in [1.807, 2.05) is 12.1 Å². The predicted octanol–water partition coefficient (Wildman–Crippen LogP) is 3.01. The van der Waals surface area contributed by atoms with E-state index in [1.165, 1.54) is 11.6 Å². The molecule has 0 atom stereocenters. The third-order valence-corrected chi connectivity index (χ3v) is 2.73. The maximum absolute atomic E-state index is 11.0. The molecule has 0 heterocycles. The van der Waals surface area contributed by atoms with Gasteiger partial charge < -0.3 is 9.47 Å². The molecule has 0 radical (unpaired) electrons. The van der Waals surface area contributed by atoms with E-state index in [1.54, 1.807) is 49.6 Å². The Bertz CT molecular complexity index is 635. The van der Waals surface area contributed by atoms with Crippen molar-refractivity contribution < 1.29 is 19.5 Å². The molecule has 5 nitrogen and oxygen atoms in total. The number of para-hydroxylation sites is 1. The fourth-order valence-corrected chi connectivity index (χ4v) is 1.68. The van der Waals surface area contributed by atoms with Gasteiger partial charge in [0.1, 0.15) is 17.2 Å². The minimum atomic E-state index is -0.603. The van der Waals surface area contributed by atoms with Gasteiger partial charge in [0.15, 0.2) is 0 Å². The molecule has 0 aliphatic rings. The lowest BCUT2D eigenvalue weighted by molar-refractivity contribution is -0.124. The number of methoxy groups -OCH3 is 1. The van der Waals surface area contributed by atoms with E-state index in [0.29, 0.717) is 11.5 Å². The zero-order valence-electron chi connectivity index (χ0n) is 11.4. The summed E-state index contributed by atoms with van der Waals surface area (Å²) >= 11 is 0. The van der Waals surface area contributed by atoms with E-state index in [9.17, 15) is 4.79 Å². The summed E-state index contributed by atoms with van der Waals surface area (Å²) in [6.45, 7) is 0. The summed E-state index contributed by atoms with van der Waals surface area (Å²) in [6, 6.07) is 14.4. The van der Waals surface area contributed by atoms with Gasteiger partial charge in [0, 0.05) is 11.6 Å². The summed E-state index contributed by atoms with van der Waals surface area (Å²) in [7, 11) is 1.60. The number of hydrogen-bond donors (Lipinski definition) is 2. The topological polar surface area (TPSA) is 67.8 Å². The average molecular weight is 285 g/mol. The van der Waals surface area contributed by atoms with E-state index in [0.717, 1.165) is 11.3 Å². The van der Waals surface area contributed by atoms with Crippen LogP contribution in [0.4, 0.5) is 0 Å². The molecule has 5 heteroatoms. The highest BCUT2D eigenvalue weighted by atomic mass is 16.5. The quantitative estimate of drug-likeness (QED) is 0.503. The molecule has 1 amide bonds. The van der Waals surface area contributed by atoms with Crippen molar-refractivity contribution >= 4 is 12.0 Å².